The van der Waals surface area contributed by atoms with Crippen molar-refractivity contribution in [3.05, 3.63) is 18.7 Å². The maximum absolute atomic E-state index is 4.28. The molecule has 0 saturated carbocycles. The molecule has 2 aromatic rings. The lowest BCUT2D eigenvalue weighted by atomic mass is 10.2. The fraction of sp³-hybridized carbons (Fsp3) is 0.500. The van der Waals surface area contributed by atoms with Crippen molar-refractivity contribution in [1.29, 1.82) is 0 Å². The normalized spacial score (nSPS) is 11.1. The van der Waals surface area contributed by atoms with E-state index in [0.29, 0.717) is 6.04 Å². The van der Waals surface area contributed by atoms with Gasteiger partial charge in [0, 0.05) is 18.4 Å². The van der Waals surface area contributed by atoms with E-state index in [0.717, 1.165) is 24.3 Å². The van der Waals surface area contributed by atoms with Gasteiger partial charge in [-0.15, -0.1) is 10.2 Å². The monoisotopic (exact) mass is 205 g/mol. The lowest BCUT2D eigenvalue weighted by molar-refractivity contribution is 0.668. The predicted molar refractivity (Wildman–Crippen MR) is 58.8 cm³/mol. The van der Waals surface area contributed by atoms with Gasteiger partial charge in [-0.25, -0.2) is 4.98 Å². The van der Waals surface area contributed by atoms with E-state index in [1.54, 1.807) is 12.5 Å². The SMILES string of the molecule is CCC(CC)Nc1nccn2cnnc12. The standard InChI is InChI=1S/C10H15N5/c1-3-8(4-2)13-9-10-14-12-7-15(10)6-5-11-9/h5-8H,3-4H2,1-2H3,(H,11,13). The summed E-state index contributed by atoms with van der Waals surface area (Å²) in [5, 5.41) is 11.3. The van der Waals surface area contributed by atoms with Crippen molar-refractivity contribution in [2.75, 3.05) is 5.32 Å². The minimum atomic E-state index is 0.445. The van der Waals surface area contributed by atoms with Crippen LogP contribution in [0.1, 0.15) is 26.7 Å². The molecule has 0 saturated heterocycles. The molecule has 0 atom stereocenters. The molecule has 2 heterocycles. The molecule has 2 rings (SSSR count). The highest BCUT2D eigenvalue weighted by Gasteiger charge is 2.08. The van der Waals surface area contributed by atoms with E-state index in [2.05, 4.69) is 34.3 Å². The Labute approximate surface area is 88.6 Å². The summed E-state index contributed by atoms with van der Waals surface area (Å²) in [6, 6.07) is 0.445. The van der Waals surface area contributed by atoms with Gasteiger partial charge in [0.2, 0.25) is 5.65 Å². The summed E-state index contributed by atoms with van der Waals surface area (Å²) >= 11 is 0. The van der Waals surface area contributed by atoms with Gasteiger partial charge in [0.05, 0.1) is 0 Å². The fourth-order valence-electron chi connectivity index (χ4n) is 1.55. The van der Waals surface area contributed by atoms with E-state index < -0.39 is 0 Å². The van der Waals surface area contributed by atoms with Crippen molar-refractivity contribution in [2.24, 2.45) is 0 Å². The second kappa shape index (κ2) is 4.25. The molecule has 2 aromatic heterocycles. The van der Waals surface area contributed by atoms with Gasteiger partial charge in [0.25, 0.3) is 0 Å². The molecule has 0 aliphatic carbocycles. The number of anilines is 1. The lowest BCUT2D eigenvalue weighted by Crippen LogP contribution is -2.18. The first kappa shape index (κ1) is 9.89. The van der Waals surface area contributed by atoms with Crippen molar-refractivity contribution >= 4 is 11.5 Å². The Hall–Kier alpha value is -1.65. The zero-order valence-electron chi connectivity index (χ0n) is 9.01. The molecule has 15 heavy (non-hydrogen) atoms. The molecular weight excluding hydrogens is 190 g/mol. The van der Waals surface area contributed by atoms with Crippen molar-refractivity contribution < 1.29 is 0 Å². The van der Waals surface area contributed by atoms with Gasteiger partial charge < -0.3 is 5.32 Å². The number of nitrogens with one attached hydrogen (secondary N) is 1. The average molecular weight is 205 g/mol. The Morgan fingerprint density at radius 2 is 2.20 bits per heavy atom. The van der Waals surface area contributed by atoms with E-state index in [4.69, 9.17) is 0 Å². The maximum atomic E-state index is 4.28. The van der Waals surface area contributed by atoms with Crippen LogP contribution in [0.2, 0.25) is 0 Å². The van der Waals surface area contributed by atoms with Gasteiger partial charge in [0.15, 0.2) is 5.82 Å². The van der Waals surface area contributed by atoms with Crippen LogP contribution in [0.4, 0.5) is 5.82 Å². The smallest absolute Gasteiger partial charge is 0.203 e. The number of nitrogens with zero attached hydrogens (tertiary/aromatic N) is 4. The predicted octanol–water partition coefficient (Wildman–Crippen LogP) is 1.72. The molecule has 0 amide bonds. The molecule has 0 spiro atoms. The molecule has 0 aliphatic heterocycles. The van der Waals surface area contributed by atoms with Crippen molar-refractivity contribution in [3.63, 3.8) is 0 Å². The lowest BCUT2D eigenvalue weighted by Gasteiger charge is -2.15. The van der Waals surface area contributed by atoms with Crippen LogP contribution < -0.4 is 5.32 Å². The Bertz CT molecular complexity index is 432. The summed E-state index contributed by atoms with van der Waals surface area (Å²) in [6.07, 6.45) is 7.42. The zero-order chi connectivity index (χ0) is 10.7. The van der Waals surface area contributed by atoms with E-state index >= 15 is 0 Å². The number of hydrogen-bond acceptors (Lipinski definition) is 4. The van der Waals surface area contributed by atoms with Crippen LogP contribution in [0.15, 0.2) is 18.7 Å². The van der Waals surface area contributed by atoms with E-state index in [-0.39, 0.29) is 0 Å². The fourth-order valence-corrected chi connectivity index (χ4v) is 1.55. The first-order valence-electron chi connectivity index (χ1n) is 5.26. The van der Waals surface area contributed by atoms with Gasteiger partial charge in [-0.1, -0.05) is 13.8 Å². The third kappa shape index (κ3) is 1.91. The van der Waals surface area contributed by atoms with Gasteiger partial charge in [-0.3, -0.25) is 4.40 Å². The zero-order valence-corrected chi connectivity index (χ0v) is 9.01. The number of hydrogen-bond donors (Lipinski definition) is 1. The number of aromatic nitrogens is 4. The third-order valence-electron chi connectivity index (χ3n) is 2.54. The van der Waals surface area contributed by atoms with Gasteiger partial charge in [-0.2, -0.15) is 0 Å². The Kier molecular flexibility index (Phi) is 2.80. The van der Waals surface area contributed by atoms with Gasteiger partial charge in [-0.05, 0) is 12.8 Å². The van der Waals surface area contributed by atoms with Crippen LogP contribution in [-0.4, -0.2) is 25.6 Å². The van der Waals surface area contributed by atoms with E-state index in [1.807, 2.05) is 10.6 Å². The van der Waals surface area contributed by atoms with E-state index in [9.17, 15) is 0 Å². The summed E-state index contributed by atoms with van der Waals surface area (Å²) in [5.41, 5.74) is 0.782. The summed E-state index contributed by atoms with van der Waals surface area (Å²) in [6.45, 7) is 4.32. The quantitative estimate of drug-likeness (QED) is 0.825. The molecule has 0 aromatic carbocycles. The highest BCUT2D eigenvalue weighted by molar-refractivity contribution is 5.61. The molecule has 0 bridgehead atoms. The van der Waals surface area contributed by atoms with Crippen LogP contribution in [0, 0.1) is 0 Å². The van der Waals surface area contributed by atoms with Crippen molar-refractivity contribution in [3.8, 4) is 0 Å². The Balaban J connectivity index is 2.30. The van der Waals surface area contributed by atoms with Gasteiger partial charge in [0.1, 0.15) is 6.33 Å². The third-order valence-corrected chi connectivity index (χ3v) is 2.54. The first-order chi connectivity index (χ1) is 7.35. The summed E-state index contributed by atoms with van der Waals surface area (Å²) in [5.74, 6) is 0.809. The molecule has 5 nitrogen and oxygen atoms in total. The van der Waals surface area contributed by atoms with Crippen molar-refractivity contribution in [1.82, 2.24) is 19.6 Å². The minimum absolute atomic E-state index is 0.445. The largest absolute Gasteiger partial charge is 0.364 e. The molecule has 0 radical (unpaired) electrons. The highest BCUT2D eigenvalue weighted by Crippen LogP contribution is 2.13. The van der Waals surface area contributed by atoms with Crippen LogP contribution in [0.5, 0.6) is 0 Å². The summed E-state index contributed by atoms with van der Waals surface area (Å²) in [7, 11) is 0. The summed E-state index contributed by atoms with van der Waals surface area (Å²) < 4.78 is 1.86. The highest BCUT2D eigenvalue weighted by atomic mass is 15.2. The minimum Gasteiger partial charge on any atom is -0.364 e. The molecule has 1 N–H and O–H groups in total. The molecule has 5 heteroatoms. The average Bonchev–Trinajstić information content (AvgIpc) is 2.74. The first-order valence-corrected chi connectivity index (χ1v) is 5.26. The number of rotatable bonds is 4. The Morgan fingerprint density at radius 1 is 1.40 bits per heavy atom. The Morgan fingerprint density at radius 3 is 2.93 bits per heavy atom. The van der Waals surface area contributed by atoms with Crippen molar-refractivity contribution in [2.45, 2.75) is 32.7 Å². The van der Waals surface area contributed by atoms with Crippen LogP contribution >= 0.6 is 0 Å². The molecule has 0 fully saturated rings. The molecule has 0 unspecified atom stereocenters. The number of fused-ring (bicyclic) bond motifs is 1. The van der Waals surface area contributed by atoms with Crippen LogP contribution in [-0.2, 0) is 0 Å². The molecular formula is C10H15N5. The summed E-state index contributed by atoms with van der Waals surface area (Å²) in [4.78, 5) is 4.28. The second-order valence-electron chi connectivity index (χ2n) is 3.50. The van der Waals surface area contributed by atoms with Crippen LogP contribution in [0.3, 0.4) is 0 Å². The molecule has 80 valence electrons. The maximum Gasteiger partial charge on any atom is 0.203 e. The van der Waals surface area contributed by atoms with Gasteiger partial charge >= 0.3 is 0 Å². The van der Waals surface area contributed by atoms with Crippen LogP contribution in [0.25, 0.3) is 5.65 Å². The topological polar surface area (TPSA) is 55.1 Å². The van der Waals surface area contributed by atoms with E-state index in [1.165, 1.54) is 0 Å². The molecule has 0 aliphatic rings. The second-order valence-corrected chi connectivity index (χ2v) is 3.50.